The summed E-state index contributed by atoms with van der Waals surface area (Å²) in [7, 11) is 0. The number of para-hydroxylation sites is 1. The van der Waals surface area contributed by atoms with Crippen LogP contribution in [0.15, 0.2) is 24.3 Å². The van der Waals surface area contributed by atoms with E-state index < -0.39 is 0 Å². The summed E-state index contributed by atoms with van der Waals surface area (Å²) >= 11 is 1.70. The molecule has 1 aromatic heterocycles. The lowest BCUT2D eigenvalue weighted by Gasteiger charge is -2.49. The fourth-order valence-corrected chi connectivity index (χ4v) is 6.13. The highest BCUT2D eigenvalue weighted by Gasteiger charge is 2.42. The second-order valence-corrected chi connectivity index (χ2v) is 9.90. The van der Waals surface area contributed by atoms with Gasteiger partial charge in [-0.3, -0.25) is 9.69 Å². The number of fused-ring (bicyclic) bond motifs is 1. The number of hydrogen-bond acceptors (Lipinski definition) is 6. The summed E-state index contributed by atoms with van der Waals surface area (Å²) in [5.41, 5.74) is 1.000. The third-order valence-electron chi connectivity index (χ3n) is 6.95. The molecule has 4 heterocycles. The molecule has 0 aliphatic carbocycles. The Morgan fingerprint density at radius 1 is 1.13 bits per heavy atom. The molecular weight excluding hydrogens is 398 g/mol. The summed E-state index contributed by atoms with van der Waals surface area (Å²) < 4.78 is 13.0. The van der Waals surface area contributed by atoms with Crippen molar-refractivity contribution in [2.75, 3.05) is 46.0 Å². The molecule has 1 spiro atoms. The number of aromatic nitrogens is 1. The van der Waals surface area contributed by atoms with E-state index in [0.29, 0.717) is 12.5 Å². The van der Waals surface area contributed by atoms with E-state index in [1.165, 1.54) is 4.70 Å². The summed E-state index contributed by atoms with van der Waals surface area (Å²) in [6.45, 7) is 6.24. The van der Waals surface area contributed by atoms with Crippen LogP contribution in [0.1, 0.15) is 37.1 Å². The Kier molecular flexibility index (Phi) is 6.05. The van der Waals surface area contributed by atoms with E-state index in [0.717, 1.165) is 88.6 Å². The SMILES string of the molecule is O=C(CCc1nc2ccccc2s1)N1CCC2(CC1)CC(N1CCOCC1)CCO2. The fraction of sp³-hybridized carbons (Fsp3) is 0.652. The molecule has 0 saturated carbocycles. The average molecular weight is 430 g/mol. The highest BCUT2D eigenvalue weighted by atomic mass is 32.1. The number of morpholine rings is 1. The predicted octanol–water partition coefficient (Wildman–Crippen LogP) is 3.10. The number of aryl methyl sites for hydroxylation is 1. The lowest BCUT2D eigenvalue weighted by molar-refractivity contribution is -0.151. The minimum atomic E-state index is -0.0367. The molecule has 2 aromatic rings. The van der Waals surface area contributed by atoms with Crippen LogP contribution in [0, 0.1) is 0 Å². The Balaban J connectivity index is 1.12. The van der Waals surface area contributed by atoms with Crippen LogP contribution >= 0.6 is 11.3 Å². The molecule has 0 bridgehead atoms. The van der Waals surface area contributed by atoms with E-state index in [2.05, 4.69) is 16.0 Å². The summed E-state index contributed by atoms with van der Waals surface area (Å²) in [5, 5.41) is 1.06. The van der Waals surface area contributed by atoms with Gasteiger partial charge in [-0.25, -0.2) is 4.98 Å². The van der Waals surface area contributed by atoms with Crippen molar-refractivity contribution < 1.29 is 14.3 Å². The largest absolute Gasteiger partial charge is 0.379 e. The molecule has 30 heavy (non-hydrogen) atoms. The van der Waals surface area contributed by atoms with Gasteiger partial charge in [0.1, 0.15) is 0 Å². The van der Waals surface area contributed by atoms with Gasteiger partial charge in [-0.05, 0) is 37.8 Å². The van der Waals surface area contributed by atoms with Crippen molar-refractivity contribution in [1.29, 1.82) is 0 Å². The van der Waals surface area contributed by atoms with Gasteiger partial charge in [0.25, 0.3) is 0 Å². The van der Waals surface area contributed by atoms with Crippen LogP contribution < -0.4 is 0 Å². The van der Waals surface area contributed by atoms with E-state index >= 15 is 0 Å². The topological polar surface area (TPSA) is 54.9 Å². The normalized spacial score (nSPS) is 25.1. The fourth-order valence-electron chi connectivity index (χ4n) is 5.17. The summed E-state index contributed by atoms with van der Waals surface area (Å²) in [4.78, 5) is 22.1. The predicted molar refractivity (Wildman–Crippen MR) is 118 cm³/mol. The van der Waals surface area contributed by atoms with Crippen LogP contribution in [0.2, 0.25) is 0 Å². The van der Waals surface area contributed by atoms with Crippen molar-refractivity contribution >= 4 is 27.5 Å². The molecule has 1 atom stereocenters. The number of likely N-dealkylation sites (tertiary alicyclic amines) is 1. The molecule has 162 valence electrons. The highest BCUT2D eigenvalue weighted by Crippen LogP contribution is 2.37. The van der Waals surface area contributed by atoms with Crippen LogP contribution in [-0.4, -0.2) is 78.3 Å². The van der Waals surface area contributed by atoms with Gasteiger partial charge >= 0.3 is 0 Å². The van der Waals surface area contributed by atoms with Crippen LogP contribution in [0.25, 0.3) is 10.2 Å². The van der Waals surface area contributed by atoms with Crippen LogP contribution in [0.3, 0.4) is 0 Å². The minimum absolute atomic E-state index is 0.0367. The van der Waals surface area contributed by atoms with E-state index in [-0.39, 0.29) is 11.5 Å². The maximum Gasteiger partial charge on any atom is 0.222 e. The average Bonchev–Trinajstić information content (AvgIpc) is 3.22. The number of nitrogens with zero attached hydrogens (tertiary/aromatic N) is 3. The molecular formula is C23H31N3O3S. The first-order chi connectivity index (χ1) is 14.7. The second kappa shape index (κ2) is 8.91. The van der Waals surface area contributed by atoms with Gasteiger partial charge < -0.3 is 14.4 Å². The van der Waals surface area contributed by atoms with Gasteiger partial charge in [-0.1, -0.05) is 12.1 Å². The molecule has 3 aliphatic heterocycles. The maximum atomic E-state index is 12.8. The molecule has 1 aromatic carbocycles. The number of hydrogen-bond donors (Lipinski definition) is 0. The number of thiazole rings is 1. The Morgan fingerprint density at radius 2 is 1.93 bits per heavy atom. The standard InChI is InChI=1S/C23H31N3O3S/c27-22(6-5-21-24-19-3-1-2-4-20(19)30-21)26-10-8-23(9-11-26)17-18(7-14-29-23)25-12-15-28-16-13-25/h1-4,18H,5-17H2. The summed E-state index contributed by atoms with van der Waals surface area (Å²) in [6.07, 6.45) is 5.41. The van der Waals surface area contributed by atoms with Crippen molar-refractivity contribution in [3.8, 4) is 0 Å². The molecule has 5 rings (SSSR count). The van der Waals surface area contributed by atoms with E-state index in [4.69, 9.17) is 9.47 Å². The first kappa shape index (κ1) is 20.4. The third-order valence-corrected chi connectivity index (χ3v) is 8.04. The zero-order valence-electron chi connectivity index (χ0n) is 17.6. The quantitative estimate of drug-likeness (QED) is 0.748. The van der Waals surface area contributed by atoms with Crippen LogP contribution in [-0.2, 0) is 20.7 Å². The monoisotopic (exact) mass is 429 g/mol. The smallest absolute Gasteiger partial charge is 0.222 e. The molecule has 1 amide bonds. The highest BCUT2D eigenvalue weighted by molar-refractivity contribution is 7.18. The Morgan fingerprint density at radius 3 is 2.73 bits per heavy atom. The Labute approximate surface area is 182 Å². The van der Waals surface area contributed by atoms with Gasteiger partial charge in [0.15, 0.2) is 0 Å². The van der Waals surface area contributed by atoms with Crippen molar-refractivity contribution in [3.63, 3.8) is 0 Å². The minimum Gasteiger partial charge on any atom is -0.379 e. The molecule has 0 radical (unpaired) electrons. The molecule has 0 N–H and O–H groups in total. The van der Waals surface area contributed by atoms with Gasteiger partial charge in [-0.2, -0.15) is 0 Å². The van der Waals surface area contributed by atoms with E-state index in [1.54, 1.807) is 11.3 Å². The molecule has 7 heteroatoms. The van der Waals surface area contributed by atoms with Gasteiger partial charge in [0, 0.05) is 51.7 Å². The van der Waals surface area contributed by atoms with Crippen molar-refractivity contribution in [1.82, 2.24) is 14.8 Å². The number of benzene rings is 1. The van der Waals surface area contributed by atoms with E-state index in [1.807, 2.05) is 23.1 Å². The summed E-state index contributed by atoms with van der Waals surface area (Å²) in [5.74, 6) is 0.254. The Hall–Kier alpha value is -1.54. The van der Waals surface area contributed by atoms with Gasteiger partial charge in [0.05, 0.1) is 34.0 Å². The second-order valence-electron chi connectivity index (χ2n) is 8.78. The molecule has 1 unspecified atom stereocenters. The number of carbonyl (C=O) groups is 1. The lowest BCUT2D eigenvalue weighted by Crippen LogP contribution is -2.55. The zero-order chi connectivity index (χ0) is 20.4. The third kappa shape index (κ3) is 4.40. The first-order valence-corrected chi connectivity index (χ1v) is 12.1. The first-order valence-electron chi connectivity index (χ1n) is 11.3. The Bertz CT molecular complexity index is 838. The van der Waals surface area contributed by atoms with Crippen molar-refractivity contribution in [2.45, 2.75) is 50.2 Å². The number of carbonyl (C=O) groups excluding carboxylic acids is 1. The van der Waals surface area contributed by atoms with Crippen LogP contribution in [0.5, 0.6) is 0 Å². The zero-order valence-corrected chi connectivity index (χ0v) is 18.4. The molecule has 3 fully saturated rings. The lowest BCUT2D eigenvalue weighted by atomic mass is 9.81. The molecule has 6 nitrogen and oxygen atoms in total. The van der Waals surface area contributed by atoms with Gasteiger partial charge in [0.2, 0.25) is 5.91 Å². The number of amides is 1. The van der Waals surface area contributed by atoms with Crippen molar-refractivity contribution in [2.24, 2.45) is 0 Å². The molecule has 3 aliphatic rings. The van der Waals surface area contributed by atoms with E-state index in [9.17, 15) is 4.79 Å². The maximum absolute atomic E-state index is 12.8. The summed E-state index contributed by atoms with van der Waals surface area (Å²) in [6, 6.07) is 8.78. The number of rotatable bonds is 4. The van der Waals surface area contributed by atoms with Crippen LogP contribution in [0.4, 0.5) is 0 Å². The number of ether oxygens (including phenoxy) is 2. The van der Waals surface area contributed by atoms with Crippen molar-refractivity contribution in [3.05, 3.63) is 29.3 Å². The molecule has 3 saturated heterocycles. The number of piperidine rings is 1. The van der Waals surface area contributed by atoms with Gasteiger partial charge in [-0.15, -0.1) is 11.3 Å².